The van der Waals surface area contributed by atoms with Gasteiger partial charge in [-0.05, 0) is 12.5 Å². The molecular formula is C14H18O6. The summed E-state index contributed by atoms with van der Waals surface area (Å²) in [6.45, 7) is 1.19. The summed E-state index contributed by atoms with van der Waals surface area (Å²) in [4.78, 5) is 23.3. The Bertz CT molecular complexity index is 456. The summed E-state index contributed by atoms with van der Waals surface area (Å²) in [5, 5.41) is 37.5. The van der Waals surface area contributed by atoms with Gasteiger partial charge in [-0.25, -0.2) is 0 Å². The van der Waals surface area contributed by atoms with Crippen LogP contribution in [0.2, 0.25) is 0 Å². The minimum Gasteiger partial charge on any atom is -0.391 e. The van der Waals surface area contributed by atoms with E-state index in [4.69, 9.17) is 5.11 Å². The van der Waals surface area contributed by atoms with Gasteiger partial charge in [0.15, 0.2) is 0 Å². The molecule has 0 spiro atoms. The fraction of sp³-hybridized carbons (Fsp3) is 0.429. The lowest BCUT2D eigenvalue weighted by atomic mass is 9.96. The molecule has 0 aliphatic rings. The van der Waals surface area contributed by atoms with E-state index in [1.54, 1.807) is 30.3 Å². The number of hydrogen-bond donors (Lipinski definition) is 4. The third-order valence-electron chi connectivity index (χ3n) is 2.92. The van der Waals surface area contributed by atoms with Gasteiger partial charge in [0.1, 0.15) is 18.3 Å². The summed E-state index contributed by atoms with van der Waals surface area (Å²) in [7, 11) is 0. The van der Waals surface area contributed by atoms with Gasteiger partial charge < -0.3 is 20.4 Å². The number of aliphatic hydroxyl groups excluding tert-OH is 4. The highest BCUT2D eigenvalue weighted by Crippen LogP contribution is 2.08. The number of carbonyl (C=O) groups excluding carboxylic acids is 2. The third-order valence-corrected chi connectivity index (χ3v) is 2.92. The van der Waals surface area contributed by atoms with Crippen LogP contribution in [0.5, 0.6) is 0 Å². The molecule has 6 nitrogen and oxygen atoms in total. The zero-order chi connectivity index (χ0) is 15.3. The Morgan fingerprint density at radius 2 is 1.55 bits per heavy atom. The topological polar surface area (TPSA) is 115 Å². The molecule has 0 saturated carbocycles. The van der Waals surface area contributed by atoms with Crippen molar-refractivity contribution in [1.29, 1.82) is 0 Å². The maximum atomic E-state index is 11.7. The predicted octanol–water partition coefficient (Wildman–Crippen LogP) is -1.17. The molecule has 0 fully saturated rings. The highest BCUT2D eigenvalue weighted by molar-refractivity contribution is 6.39. The first-order valence-electron chi connectivity index (χ1n) is 6.17. The molecule has 1 aromatic rings. The maximum absolute atomic E-state index is 11.7. The van der Waals surface area contributed by atoms with E-state index in [1.165, 1.54) is 6.92 Å². The van der Waals surface area contributed by atoms with Crippen molar-refractivity contribution >= 4 is 11.6 Å². The van der Waals surface area contributed by atoms with Crippen LogP contribution in [0.3, 0.4) is 0 Å². The molecule has 1 aromatic carbocycles. The van der Waals surface area contributed by atoms with Crippen LogP contribution in [0.4, 0.5) is 0 Å². The molecule has 0 aliphatic heterocycles. The van der Waals surface area contributed by atoms with Crippen molar-refractivity contribution in [2.75, 3.05) is 0 Å². The van der Waals surface area contributed by atoms with Crippen LogP contribution >= 0.6 is 0 Å². The molecule has 0 radical (unpaired) electrons. The SMILES string of the molecule is CC(O)[C@H](O)[C@@H](O)[C@@H](O)C(=O)C(=O)Cc1ccccc1. The molecule has 0 heterocycles. The molecule has 0 aliphatic carbocycles. The summed E-state index contributed by atoms with van der Waals surface area (Å²) in [6.07, 6.45) is -7.22. The van der Waals surface area contributed by atoms with Crippen molar-refractivity contribution in [3.05, 3.63) is 35.9 Å². The van der Waals surface area contributed by atoms with Crippen molar-refractivity contribution in [2.45, 2.75) is 37.8 Å². The minimum atomic E-state index is -2.06. The van der Waals surface area contributed by atoms with E-state index in [-0.39, 0.29) is 6.42 Å². The number of carbonyl (C=O) groups is 2. The van der Waals surface area contributed by atoms with Crippen LogP contribution < -0.4 is 0 Å². The lowest BCUT2D eigenvalue weighted by Gasteiger charge is -2.23. The van der Waals surface area contributed by atoms with Gasteiger partial charge in [-0.1, -0.05) is 30.3 Å². The quantitative estimate of drug-likeness (QED) is 0.468. The fourth-order valence-electron chi connectivity index (χ4n) is 1.66. The molecule has 0 bridgehead atoms. The van der Waals surface area contributed by atoms with Crippen LogP contribution in [0, 0.1) is 0 Å². The number of Topliss-reactive ketones (excluding diaryl/α,β-unsaturated/α-hetero) is 2. The molecule has 6 heteroatoms. The van der Waals surface area contributed by atoms with Gasteiger partial charge in [0.25, 0.3) is 0 Å². The van der Waals surface area contributed by atoms with Crippen molar-refractivity contribution in [2.24, 2.45) is 0 Å². The number of benzene rings is 1. The minimum absolute atomic E-state index is 0.200. The second-order valence-corrected chi connectivity index (χ2v) is 4.62. The Balaban J connectivity index is 2.67. The predicted molar refractivity (Wildman–Crippen MR) is 69.9 cm³/mol. The molecular weight excluding hydrogens is 264 g/mol. The Morgan fingerprint density at radius 3 is 2.05 bits per heavy atom. The van der Waals surface area contributed by atoms with Crippen molar-refractivity contribution in [3.8, 4) is 0 Å². The van der Waals surface area contributed by atoms with Gasteiger partial charge in [0.2, 0.25) is 11.6 Å². The summed E-state index contributed by atoms with van der Waals surface area (Å²) >= 11 is 0. The Morgan fingerprint density at radius 1 is 1.00 bits per heavy atom. The summed E-state index contributed by atoms with van der Waals surface area (Å²) in [6, 6.07) is 8.47. The van der Waals surface area contributed by atoms with E-state index < -0.39 is 36.0 Å². The maximum Gasteiger partial charge on any atom is 0.229 e. The van der Waals surface area contributed by atoms with Crippen LogP contribution in [0.25, 0.3) is 0 Å². The van der Waals surface area contributed by atoms with Gasteiger partial charge in [-0.3, -0.25) is 9.59 Å². The average molecular weight is 282 g/mol. The first-order chi connectivity index (χ1) is 9.34. The van der Waals surface area contributed by atoms with Gasteiger partial charge >= 0.3 is 0 Å². The zero-order valence-electron chi connectivity index (χ0n) is 11.0. The van der Waals surface area contributed by atoms with Crippen LogP contribution in [0.1, 0.15) is 12.5 Å². The molecule has 20 heavy (non-hydrogen) atoms. The van der Waals surface area contributed by atoms with E-state index in [2.05, 4.69) is 0 Å². The van der Waals surface area contributed by atoms with Crippen LogP contribution in [0.15, 0.2) is 30.3 Å². The second kappa shape index (κ2) is 7.25. The normalized spacial score (nSPS) is 17.1. The van der Waals surface area contributed by atoms with Gasteiger partial charge in [0.05, 0.1) is 6.10 Å². The molecule has 1 rings (SSSR count). The first-order valence-corrected chi connectivity index (χ1v) is 6.17. The Labute approximate surface area is 116 Å². The van der Waals surface area contributed by atoms with Crippen molar-refractivity contribution in [3.63, 3.8) is 0 Å². The van der Waals surface area contributed by atoms with Crippen LogP contribution in [-0.2, 0) is 16.0 Å². The number of rotatable bonds is 7. The Kier molecular flexibility index (Phi) is 5.97. The van der Waals surface area contributed by atoms with E-state index in [0.29, 0.717) is 5.56 Å². The lowest BCUT2D eigenvalue weighted by Crippen LogP contribution is -2.48. The molecule has 0 amide bonds. The van der Waals surface area contributed by atoms with Crippen molar-refractivity contribution < 1.29 is 30.0 Å². The molecule has 0 saturated heterocycles. The summed E-state index contributed by atoms with van der Waals surface area (Å²) in [5.74, 6) is -2.07. The van der Waals surface area contributed by atoms with Gasteiger partial charge in [-0.2, -0.15) is 0 Å². The van der Waals surface area contributed by atoms with E-state index >= 15 is 0 Å². The Hall–Kier alpha value is -1.60. The lowest BCUT2D eigenvalue weighted by molar-refractivity contribution is -0.152. The summed E-state index contributed by atoms with van der Waals surface area (Å²) < 4.78 is 0. The average Bonchev–Trinajstić information content (AvgIpc) is 2.44. The smallest absolute Gasteiger partial charge is 0.229 e. The van der Waals surface area contributed by atoms with Crippen molar-refractivity contribution in [1.82, 2.24) is 0 Å². The van der Waals surface area contributed by atoms with E-state index in [0.717, 1.165) is 0 Å². The largest absolute Gasteiger partial charge is 0.391 e. The molecule has 1 unspecified atom stereocenters. The fourth-order valence-corrected chi connectivity index (χ4v) is 1.66. The monoisotopic (exact) mass is 282 g/mol. The zero-order valence-corrected chi connectivity index (χ0v) is 11.0. The van der Waals surface area contributed by atoms with Gasteiger partial charge in [0, 0.05) is 6.42 Å². The third kappa shape index (κ3) is 4.21. The number of hydrogen-bond acceptors (Lipinski definition) is 6. The molecule has 110 valence electrons. The molecule has 0 aromatic heterocycles. The summed E-state index contributed by atoms with van der Waals surface area (Å²) in [5.41, 5.74) is 0.601. The highest BCUT2D eigenvalue weighted by Gasteiger charge is 2.35. The first kappa shape index (κ1) is 16.5. The number of ketones is 2. The van der Waals surface area contributed by atoms with E-state index in [9.17, 15) is 24.9 Å². The second-order valence-electron chi connectivity index (χ2n) is 4.62. The van der Waals surface area contributed by atoms with E-state index in [1.807, 2.05) is 0 Å². The molecule has 4 atom stereocenters. The van der Waals surface area contributed by atoms with Crippen LogP contribution in [-0.4, -0.2) is 56.4 Å². The molecule has 4 N–H and O–H groups in total. The number of aliphatic hydroxyl groups is 4. The highest BCUT2D eigenvalue weighted by atomic mass is 16.4. The standard InChI is InChI=1S/C14H18O6/c1-8(15)11(17)13(19)14(20)12(18)10(16)7-9-5-3-2-4-6-9/h2-6,8,11,13-15,17,19-20H,7H2,1H3/t8?,11-,13+,14-/m0/s1. The van der Waals surface area contributed by atoms with Gasteiger partial charge in [-0.15, -0.1) is 0 Å².